The molecule has 1 amide bonds. The fourth-order valence-electron chi connectivity index (χ4n) is 1.95. The molecule has 2 rings (SSSR count). The standard InChI is InChI=1S/C16H19NO4/c1-12-10-13(4-2-3-7-18)5-6-14(12)17-16(19)15-11-20-8-9-21-15/h5-6,10,15,18H,3,7-9,11H2,1H3,(H,17,19). The molecule has 1 aromatic carbocycles. The Kier molecular flexibility index (Phi) is 5.76. The summed E-state index contributed by atoms with van der Waals surface area (Å²) in [7, 11) is 0. The Labute approximate surface area is 124 Å². The SMILES string of the molecule is Cc1cc(C#CCCO)ccc1NC(=O)C1COCCO1. The van der Waals surface area contributed by atoms with Crippen molar-refractivity contribution < 1.29 is 19.4 Å². The fourth-order valence-corrected chi connectivity index (χ4v) is 1.95. The predicted octanol–water partition coefficient (Wildman–Crippen LogP) is 1.08. The maximum Gasteiger partial charge on any atom is 0.255 e. The number of carbonyl (C=O) groups is 1. The summed E-state index contributed by atoms with van der Waals surface area (Å²) in [5, 5.41) is 11.5. The summed E-state index contributed by atoms with van der Waals surface area (Å²) in [6, 6.07) is 5.56. The number of ether oxygens (including phenoxy) is 2. The zero-order chi connectivity index (χ0) is 15.1. The van der Waals surface area contributed by atoms with Crippen LogP contribution in [-0.2, 0) is 14.3 Å². The summed E-state index contributed by atoms with van der Waals surface area (Å²) >= 11 is 0. The highest BCUT2D eigenvalue weighted by atomic mass is 16.6. The van der Waals surface area contributed by atoms with Crippen molar-refractivity contribution >= 4 is 11.6 Å². The van der Waals surface area contributed by atoms with Crippen molar-refractivity contribution in [3.05, 3.63) is 29.3 Å². The first kappa shape index (κ1) is 15.5. The van der Waals surface area contributed by atoms with Gasteiger partial charge in [0, 0.05) is 17.7 Å². The van der Waals surface area contributed by atoms with Gasteiger partial charge in [-0.3, -0.25) is 4.79 Å². The first-order valence-electron chi connectivity index (χ1n) is 6.91. The number of amides is 1. The van der Waals surface area contributed by atoms with Gasteiger partial charge in [-0.25, -0.2) is 0 Å². The lowest BCUT2D eigenvalue weighted by Crippen LogP contribution is -2.39. The van der Waals surface area contributed by atoms with Crippen LogP contribution in [0.1, 0.15) is 17.5 Å². The summed E-state index contributed by atoms with van der Waals surface area (Å²) in [5.74, 6) is 5.63. The van der Waals surface area contributed by atoms with Crippen LogP contribution in [0.2, 0.25) is 0 Å². The Morgan fingerprint density at radius 2 is 2.33 bits per heavy atom. The molecule has 1 atom stereocenters. The topological polar surface area (TPSA) is 67.8 Å². The summed E-state index contributed by atoms with van der Waals surface area (Å²) in [5.41, 5.74) is 2.52. The number of hydrogen-bond acceptors (Lipinski definition) is 4. The molecule has 0 bridgehead atoms. The lowest BCUT2D eigenvalue weighted by Gasteiger charge is -2.22. The minimum atomic E-state index is -0.554. The lowest BCUT2D eigenvalue weighted by molar-refractivity contribution is -0.142. The third kappa shape index (κ3) is 4.57. The van der Waals surface area contributed by atoms with Gasteiger partial charge >= 0.3 is 0 Å². The second-order valence-corrected chi connectivity index (χ2v) is 4.73. The lowest BCUT2D eigenvalue weighted by atomic mass is 10.1. The normalized spacial score (nSPS) is 17.7. The highest BCUT2D eigenvalue weighted by Crippen LogP contribution is 2.17. The number of hydrogen-bond donors (Lipinski definition) is 2. The highest BCUT2D eigenvalue weighted by Gasteiger charge is 2.22. The van der Waals surface area contributed by atoms with Crippen LogP contribution in [0.3, 0.4) is 0 Å². The average Bonchev–Trinajstić information content (AvgIpc) is 2.51. The summed E-state index contributed by atoms with van der Waals surface area (Å²) in [6.07, 6.45) is -0.0986. The van der Waals surface area contributed by atoms with E-state index in [2.05, 4.69) is 17.2 Å². The van der Waals surface area contributed by atoms with Gasteiger partial charge in [-0.1, -0.05) is 11.8 Å². The van der Waals surface area contributed by atoms with Gasteiger partial charge < -0.3 is 19.9 Å². The zero-order valence-electron chi connectivity index (χ0n) is 12.0. The molecule has 112 valence electrons. The van der Waals surface area contributed by atoms with Gasteiger partial charge in [-0.2, -0.15) is 0 Å². The maximum absolute atomic E-state index is 12.0. The van der Waals surface area contributed by atoms with Crippen molar-refractivity contribution in [3.63, 3.8) is 0 Å². The number of aliphatic hydroxyl groups excluding tert-OH is 1. The molecule has 1 heterocycles. The third-order valence-electron chi connectivity index (χ3n) is 3.06. The first-order chi connectivity index (χ1) is 10.2. The molecule has 1 aliphatic heterocycles. The van der Waals surface area contributed by atoms with Gasteiger partial charge in [0.05, 0.1) is 26.4 Å². The van der Waals surface area contributed by atoms with Crippen molar-refractivity contribution in [1.82, 2.24) is 0 Å². The number of nitrogens with one attached hydrogen (secondary N) is 1. The van der Waals surface area contributed by atoms with Crippen LogP contribution in [0.5, 0.6) is 0 Å². The van der Waals surface area contributed by atoms with E-state index in [0.717, 1.165) is 16.8 Å². The molecule has 1 aromatic rings. The number of rotatable bonds is 3. The minimum absolute atomic E-state index is 0.0591. The van der Waals surface area contributed by atoms with Crippen LogP contribution in [0.15, 0.2) is 18.2 Å². The van der Waals surface area contributed by atoms with Gasteiger partial charge in [-0.15, -0.1) is 0 Å². The van der Waals surface area contributed by atoms with Crippen molar-refractivity contribution in [3.8, 4) is 11.8 Å². The molecule has 0 aromatic heterocycles. The van der Waals surface area contributed by atoms with Crippen LogP contribution < -0.4 is 5.32 Å². The average molecular weight is 289 g/mol. The van der Waals surface area contributed by atoms with E-state index in [1.54, 1.807) is 0 Å². The Bertz CT molecular complexity index is 553. The van der Waals surface area contributed by atoms with Crippen molar-refractivity contribution in [1.29, 1.82) is 0 Å². The summed E-state index contributed by atoms with van der Waals surface area (Å²) < 4.78 is 10.6. The molecule has 0 radical (unpaired) electrons. The van der Waals surface area contributed by atoms with Crippen LogP contribution in [0.25, 0.3) is 0 Å². The Morgan fingerprint density at radius 3 is 3.00 bits per heavy atom. The molecule has 1 fully saturated rings. The van der Waals surface area contributed by atoms with E-state index >= 15 is 0 Å². The van der Waals surface area contributed by atoms with E-state index in [1.165, 1.54) is 0 Å². The third-order valence-corrected chi connectivity index (χ3v) is 3.06. The van der Waals surface area contributed by atoms with Crippen LogP contribution in [0.4, 0.5) is 5.69 Å². The maximum atomic E-state index is 12.0. The quantitative estimate of drug-likeness (QED) is 0.817. The van der Waals surface area contributed by atoms with Gasteiger partial charge in [0.2, 0.25) is 0 Å². The first-order valence-corrected chi connectivity index (χ1v) is 6.91. The Balaban J connectivity index is 2.00. The highest BCUT2D eigenvalue weighted by molar-refractivity contribution is 5.95. The molecule has 1 aliphatic rings. The molecule has 21 heavy (non-hydrogen) atoms. The fraction of sp³-hybridized carbons (Fsp3) is 0.438. The number of carbonyl (C=O) groups excluding carboxylic acids is 1. The minimum Gasteiger partial charge on any atom is -0.395 e. The van der Waals surface area contributed by atoms with Crippen molar-refractivity contribution in [2.24, 2.45) is 0 Å². The molecule has 5 nitrogen and oxygen atoms in total. The van der Waals surface area contributed by atoms with Gasteiger partial charge in [0.15, 0.2) is 6.10 Å². The molecule has 5 heteroatoms. The van der Waals surface area contributed by atoms with E-state index in [-0.39, 0.29) is 19.1 Å². The molecule has 2 N–H and O–H groups in total. The van der Waals surface area contributed by atoms with Crippen molar-refractivity contribution in [2.45, 2.75) is 19.4 Å². The van der Waals surface area contributed by atoms with Gasteiger partial charge in [0.25, 0.3) is 5.91 Å². The molecule has 1 saturated heterocycles. The number of aliphatic hydroxyl groups is 1. The van der Waals surface area contributed by atoms with Crippen LogP contribution in [0, 0.1) is 18.8 Å². The van der Waals surface area contributed by atoms with Crippen LogP contribution >= 0.6 is 0 Å². The molecule has 0 saturated carbocycles. The van der Waals surface area contributed by atoms with E-state index < -0.39 is 6.10 Å². The molecular weight excluding hydrogens is 270 g/mol. The van der Waals surface area contributed by atoms with Crippen LogP contribution in [-0.4, -0.2) is 43.5 Å². The van der Waals surface area contributed by atoms with E-state index in [1.807, 2.05) is 25.1 Å². The zero-order valence-corrected chi connectivity index (χ0v) is 12.0. The van der Waals surface area contributed by atoms with E-state index in [9.17, 15) is 4.79 Å². The Morgan fingerprint density at radius 1 is 1.48 bits per heavy atom. The largest absolute Gasteiger partial charge is 0.395 e. The predicted molar refractivity (Wildman–Crippen MR) is 78.9 cm³/mol. The van der Waals surface area contributed by atoms with Gasteiger partial charge in [-0.05, 0) is 30.7 Å². The summed E-state index contributed by atoms with van der Waals surface area (Å²) in [4.78, 5) is 12.0. The van der Waals surface area contributed by atoms with Crippen molar-refractivity contribution in [2.75, 3.05) is 31.7 Å². The molecule has 0 aliphatic carbocycles. The van der Waals surface area contributed by atoms with Gasteiger partial charge in [0.1, 0.15) is 0 Å². The smallest absolute Gasteiger partial charge is 0.255 e. The number of anilines is 1. The second kappa shape index (κ2) is 7.79. The molecule has 0 spiro atoms. The monoisotopic (exact) mass is 289 g/mol. The van der Waals surface area contributed by atoms with E-state index in [4.69, 9.17) is 14.6 Å². The molecule has 1 unspecified atom stereocenters. The number of aryl methyl sites for hydroxylation is 1. The van der Waals surface area contributed by atoms with E-state index in [0.29, 0.717) is 19.6 Å². The summed E-state index contributed by atoms with van der Waals surface area (Å²) in [6.45, 7) is 3.23. The number of benzene rings is 1. The Hall–Kier alpha value is -1.87. The molecular formula is C16H19NO4. The second-order valence-electron chi connectivity index (χ2n) is 4.73.